The highest BCUT2D eigenvalue weighted by molar-refractivity contribution is 7.80. The summed E-state index contributed by atoms with van der Waals surface area (Å²) in [7, 11) is 0. The van der Waals surface area contributed by atoms with Crippen LogP contribution < -0.4 is 5.32 Å². The monoisotopic (exact) mass is 271 g/mol. The average Bonchev–Trinajstić information content (AvgIpc) is 2.62. The first-order valence-corrected chi connectivity index (χ1v) is 7.26. The van der Waals surface area contributed by atoms with Gasteiger partial charge in [-0.15, -0.1) is 0 Å². The van der Waals surface area contributed by atoms with Crippen LogP contribution in [0, 0.1) is 5.92 Å². The maximum Gasteiger partial charge on any atom is 0.251 e. The average molecular weight is 271 g/mol. The van der Waals surface area contributed by atoms with Gasteiger partial charge in [0.1, 0.15) is 6.04 Å². The van der Waals surface area contributed by atoms with E-state index in [2.05, 4.69) is 24.1 Å². The van der Waals surface area contributed by atoms with Crippen LogP contribution in [0.15, 0.2) is 0 Å². The molecule has 1 aliphatic rings. The van der Waals surface area contributed by atoms with Gasteiger partial charge in [0.05, 0.1) is 0 Å². The molecule has 0 spiro atoms. The van der Waals surface area contributed by atoms with Gasteiger partial charge in [-0.05, 0) is 44.2 Å². The van der Waals surface area contributed by atoms with Crippen molar-refractivity contribution < 1.29 is 4.79 Å². The van der Waals surface area contributed by atoms with Gasteiger partial charge in [-0.3, -0.25) is 9.69 Å². The van der Waals surface area contributed by atoms with Crippen molar-refractivity contribution >= 4 is 23.2 Å². The fraction of sp³-hybridized carbons (Fsp3) is 0.846. The van der Waals surface area contributed by atoms with Crippen LogP contribution in [-0.2, 0) is 4.79 Å². The van der Waals surface area contributed by atoms with Crippen molar-refractivity contribution in [2.45, 2.75) is 40.2 Å². The lowest BCUT2D eigenvalue weighted by molar-refractivity contribution is -0.128. The van der Waals surface area contributed by atoms with Crippen LogP contribution in [0.25, 0.3) is 0 Å². The highest BCUT2D eigenvalue weighted by Gasteiger charge is 2.36. The number of rotatable bonds is 7. The van der Waals surface area contributed by atoms with Crippen LogP contribution in [0.2, 0.25) is 0 Å². The summed E-state index contributed by atoms with van der Waals surface area (Å²) in [6, 6.07) is -0.133. The predicted octanol–water partition coefficient (Wildman–Crippen LogP) is 1.46. The van der Waals surface area contributed by atoms with Gasteiger partial charge in [-0.1, -0.05) is 27.7 Å². The summed E-state index contributed by atoms with van der Waals surface area (Å²) in [4.78, 5) is 16.2. The second kappa shape index (κ2) is 7.04. The van der Waals surface area contributed by atoms with Crippen LogP contribution in [0.4, 0.5) is 0 Å². The summed E-state index contributed by atoms with van der Waals surface area (Å²) in [5, 5.41) is 3.71. The van der Waals surface area contributed by atoms with Crippen molar-refractivity contribution in [1.29, 1.82) is 0 Å². The Bertz CT molecular complexity index is 303. The number of thiocarbonyl (C=S) groups is 1. The summed E-state index contributed by atoms with van der Waals surface area (Å²) in [6.45, 7) is 12.3. The van der Waals surface area contributed by atoms with E-state index in [4.69, 9.17) is 12.2 Å². The van der Waals surface area contributed by atoms with Crippen LogP contribution >= 0.6 is 12.2 Å². The summed E-state index contributed by atoms with van der Waals surface area (Å²) >= 11 is 5.23. The molecular formula is C13H25N3OS. The lowest BCUT2D eigenvalue weighted by atomic mass is 10.1. The molecule has 0 radical (unpaired) electrons. The largest absolute Gasteiger partial charge is 0.350 e. The Balaban J connectivity index is 2.43. The number of carbonyl (C=O) groups excluding carboxylic acids is 1. The van der Waals surface area contributed by atoms with Crippen molar-refractivity contribution in [2.75, 3.05) is 26.2 Å². The zero-order valence-corrected chi connectivity index (χ0v) is 12.7. The van der Waals surface area contributed by atoms with E-state index >= 15 is 0 Å². The summed E-state index contributed by atoms with van der Waals surface area (Å²) in [5.41, 5.74) is 0. The molecule has 1 N–H and O–H groups in total. The molecular weight excluding hydrogens is 246 g/mol. The number of amides is 1. The molecule has 1 aliphatic heterocycles. The summed E-state index contributed by atoms with van der Waals surface area (Å²) in [6.07, 6.45) is 0.972. The SMILES string of the molecule is CCN(CC)CCCN1C(=O)C(C(C)C)NC1=S. The second-order valence-corrected chi connectivity index (χ2v) is 5.43. The Kier molecular flexibility index (Phi) is 6.02. The number of hydrogen-bond donors (Lipinski definition) is 1. The topological polar surface area (TPSA) is 35.6 Å². The first-order chi connectivity index (χ1) is 8.51. The molecule has 1 fully saturated rings. The molecule has 0 bridgehead atoms. The van der Waals surface area contributed by atoms with Crippen molar-refractivity contribution in [3.8, 4) is 0 Å². The molecule has 0 saturated carbocycles. The Hall–Kier alpha value is -0.680. The smallest absolute Gasteiger partial charge is 0.251 e. The third kappa shape index (κ3) is 3.65. The maximum atomic E-state index is 12.1. The third-order valence-corrected chi connectivity index (χ3v) is 3.81. The van der Waals surface area contributed by atoms with Gasteiger partial charge in [0.15, 0.2) is 5.11 Å². The van der Waals surface area contributed by atoms with Gasteiger partial charge in [0, 0.05) is 6.54 Å². The van der Waals surface area contributed by atoms with E-state index in [-0.39, 0.29) is 17.9 Å². The molecule has 0 aromatic carbocycles. The fourth-order valence-electron chi connectivity index (χ4n) is 2.20. The summed E-state index contributed by atoms with van der Waals surface area (Å²) < 4.78 is 0. The minimum absolute atomic E-state index is 0.133. The Morgan fingerprint density at radius 1 is 1.39 bits per heavy atom. The number of nitrogens with one attached hydrogen (secondary N) is 1. The molecule has 1 rings (SSSR count). The van der Waals surface area contributed by atoms with Crippen molar-refractivity contribution in [1.82, 2.24) is 15.1 Å². The van der Waals surface area contributed by atoms with Crippen LogP contribution in [0.5, 0.6) is 0 Å². The van der Waals surface area contributed by atoms with E-state index in [9.17, 15) is 4.79 Å². The van der Waals surface area contributed by atoms with Gasteiger partial charge in [0.2, 0.25) is 0 Å². The van der Waals surface area contributed by atoms with E-state index in [1.165, 1.54) is 0 Å². The second-order valence-electron chi connectivity index (χ2n) is 5.04. The molecule has 104 valence electrons. The van der Waals surface area contributed by atoms with Gasteiger partial charge < -0.3 is 10.2 Å². The quantitative estimate of drug-likeness (QED) is 0.711. The molecule has 4 nitrogen and oxygen atoms in total. The zero-order chi connectivity index (χ0) is 13.7. The Morgan fingerprint density at radius 3 is 2.44 bits per heavy atom. The van der Waals surface area contributed by atoms with Crippen LogP contribution in [0.1, 0.15) is 34.1 Å². The van der Waals surface area contributed by atoms with E-state index in [1.807, 2.05) is 13.8 Å². The highest BCUT2D eigenvalue weighted by Crippen LogP contribution is 2.14. The van der Waals surface area contributed by atoms with E-state index < -0.39 is 0 Å². The third-order valence-electron chi connectivity index (χ3n) is 3.47. The first kappa shape index (κ1) is 15.4. The minimum Gasteiger partial charge on any atom is -0.350 e. The fourth-order valence-corrected chi connectivity index (χ4v) is 2.50. The van der Waals surface area contributed by atoms with Crippen LogP contribution in [-0.4, -0.2) is 53.0 Å². The number of hydrogen-bond acceptors (Lipinski definition) is 3. The minimum atomic E-state index is -0.133. The molecule has 1 heterocycles. The zero-order valence-electron chi connectivity index (χ0n) is 11.9. The Labute approximate surface area is 116 Å². The van der Waals surface area contributed by atoms with Gasteiger partial charge >= 0.3 is 0 Å². The molecule has 0 aliphatic carbocycles. The van der Waals surface area contributed by atoms with Crippen molar-refractivity contribution in [3.63, 3.8) is 0 Å². The normalized spacial score (nSPS) is 20.1. The van der Waals surface area contributed by atoms with E-state index in [0.717, 1.165) is 32.6 Å². The van der Waals surface area contributed by atoms with Crippen molar-refractivity contribution in [2.24, 2.45) is 5.92 Å². The number of carbonyl (C=O) groups is 1. The maximum absolute atomic E-state index is 12.1. The van der Waals surface area contributed by atoms with E-state index in [1.54, 1.807) is 4.90 Å². The molecule has 1 amide bonds. The summed E-state index contributed by atoms with van der Waals surface area (Å²) in [5.74, 6) is 0.415. The molecule has 18 heavy (non-hydrogen) atoms. The van der Waals surface area contributed by atoms with Gasteiger partial charge in [-0.2, -0.15) is 0 Å². The standard InChI is InChI=1S/C13H25N3OS/c1-5-15(6-2)8-7-9-16-12(17)11(10(3)4)14-13(16)18/h10-11H,5-9H2,1-4H3,(H,14,18). The first-order valence-electron chi connectivity index (χ1n) is 6.85. The highest BCUT2D eigenvalue weighted by atomic mass is 32.1. The predicted molar refractivity (Wildman–Crippen MR) is 78.5 cm³/mol. The van der Waals surface area contributed by atoms with E-state index in [0.29, 0.717) is 5.11 Å². The molecule has 1 unspecified atom stereocenters. The van der Waals surface area contributed by atoms with Crippen molar-refractivity contribution in [3.05, 3.63) is 0 Å². The Morgan fingerprint density at radius 2 is 2.00 bits per heavy atom. The molecule has 1 atom stereocenters. The molecule has 1 saturated heterocycles. The lowest BCUT2D eigenvalue weighted by Crippen LogP contribution is -2.36. The lowest BCUT2D eigenvalue weighted by Gasteiger charge is -2.20. The molecule has 5 heteroatoms. The van der Waals surface area contributed by atoms with Crippen LogP contribution in [0.3, 0.4) is 0 Å². The molecule has 0 aromatic heterocycles. The molecule has 0 aromatic rings. The van der Waals surface area contributed by atoms with Gasteiger partial charge in [0.25, 0.3) is 5.91 Å². The van der Waals surface area contributed by atoms with Gasteiger partial charge in [-0.25, -0.2) is 0 Å². The number of nitrogens with zero attached hydrogens (tertiary/aromatic N) is 2.